The highest BCUT2D eigenvalue weighted by molar-refractivity contribution is 7.55. The van der Waals surface area contributed by atoms with E-state index in [1.807, 2.05) is 27.7 Å². The fraction of sp³-hybridized carbons (Fsp3) is 0.630. The Kier molecular flexibility index (Phi) is 9.28. The number of aromatic amines is 2. The summed E-state index contributed by atoms with van der Waals surface area (Å²) >= 11 is 0. The lowest BCUT2D eigenvalue weighted by atomic mass is 10.0. The second-order valence-corrected chi connectivity index (χ2v) is 12.9. The molecule has 3 aromatic rings. The second-order valence-electron chi connectivity index (χ2n) is 11.4. The molecule has 0 radical (unpaired) electrons. The van der Waals surface area contributed by atoms with Gasteiger partial charge in [0.2, 0.25) is 8.38 Å². The Bertz CT molecular complexity index is 1680. The topological polar surface area (TPSA) is 177 Å². The van der Waals surface area contributed by atoms with E-state index in [2.05, 4.69) is 20.3 Å². The fourth-order valence-corrected chi connectivity index (χ4v) is 6.58. The van der Waals surface area contributed by atoms with Crippen molar-refractivity contribution in [2.24, 2.45) is 5.92 Å². The van der Waals surface area contributed by atoms with Gasteiger partial charge in [-0.25, -0.2) is 14.3 Å². The molecule has 0 aliphatic carbocycles. The molecule has 0 bridgehead atoms. The van der Waals surface area contributed by atoms with Crippen molar-refractivity contribution < 1.29 is 18.5 Å². The van der Waals surface area contributed by atoms with Crippen LogP contribution in [0.15, 0.2) is 37.8 Å². The lowest BCUT2D eigenvalue weighted by Gasteiger charge is -2.24. The van der Waals surface area contributed by atoms with Crippen molar-refractivity contribution in [3.05, 3.63) is 71.4 Å². The Labute approximate surface area is 248 Å². The van der Waals surface area contributed by atoms with Crippen LogP contribution in [-0.2, 0) is 18.5 Å². The second kappa shape index (κ2) is 12.8. The number of rotatable bonds is 10. The van der Waals surface area contributed by atoms with Crippen molar-refractivity contribution in [3.8, 4) is 0 Å². The summed E-state index contributed by atoms with van der Waals surface area (Å²) in [7, 11) is -1.75. The van der Waals surface area contributed by atoms with Crippen LogP contribution in [-0.4, -0.2) is 59.0 Å². The summed E-state index contributed by atoms with van der Waals surface area (Å²) in [5, 5.41) is 8.56. The van der Waals surface area contributed by atoms with Crippen LogP contribution < -0.4 is 27.9 Å². The largest absolute Gasteiger partial charge is 0.352 e. The minimum Gasteiger partial charge on any atom is -0.352 e. The molecule has 0 spiro atoms. The molecule has 2 fully saturated rings. The molecule has 3 unspecified atom stereocenters. The number of nitrogens with zero attached hydrogens (tertiary/aromatic N) is 5. The van der Waals surface area contributed by atoms with Gasteiger partial charge in [-0.1, -0.05) is 19.1 Å². The monoisotopic (exact) mass is 619 g/mol. The molecule has 2 N–H and O–H groups in total. The van der Waals surface area contributed by atoms with Gasteiger partial charge >= 0.3 is 11.4 Å². The highest BCUT2D eigenvalue weighted by Crippen LogP contribution is 2.45. The third kappa shape index (κ3) is 6.65. The molecule has 5 rings (SSSR count). The normalized spacial score (nSPS) is 26.4. The molecule has 7 atom stereocenters. The van der Waals surface area contributed by atoms with Crippen LogP contribution in [0.2, 0.25) is 0 Å². The number of hydrogen-bond donors (Lipinski definition) is 2. The van der Waals surface area contributed by atoms with E-state index in [9.17, 15) is 19.2 Å². The van der Waals surface area contributed by atoms with Crippen LogP contribution in [0.4, 0.5) is 0 Å². The minimum atomic E-state index is -1.75. The van der Waals surface area contributed by atoms with Crippen LogP contribution in [0.3, 0.4) is 0 Å². The molecule has 0 amide bonds. The van der Waals surface area contributed by atoms with Gasteiger partial charge in [0.25, 0.3) is 11.1 Å². The van der Waals surface area contributed by atoms with Gasteiger partial charge in [0.1, 0.15) is 12.5 Å². The molecule has 43 heavy (non-hydrogen) atoms. The lowest BCUT2D eigenvalue weighted by Crippen LogP contribution is -2.33. The van der Waals surface area contributed by atoms with Crippen molar-refractivity contribution in [1.82, 2.24) is 34.1 Å². The van der Waals surface area contributed by atoms with Gasteiger partial charge in [-0.15, -0.1) is 5.10 Å². The summed E-state index contributed by atoms with van der Waals surface area (Å²) in [4.78, 5) is 53.4. The van der Waals surface area contributed by atoms with E-state index >= 15 is 0 Å². The Balaban J connectivity index is 1.34. The lowest BCUT2D eigenvalue weighted by molar-refractivity contribution is -0.0308. The molecule has 0 aromatic carbocycles. The van der Waals surface area contributed by atoms with Gasteiger partial charge < -0.3 is 18.5 Å². The average Bonchev–Trinajstić information content (AvgIpc) is 3.69. The molecule has 2 aliphatic rings. The number of aryl methyl sites for hydroxylation is 2. The molecule has 15 nitrogen and oxygen atoms in total. The molecule has 234 valence electrons. The molecular weight excluding hydrogens is 581 g/mol. The van der Waals surface area contributed by atoms with E-state index in [1.54, 1.807) is 24.7 Å². The zero-order valence-corrected chi connectivity index (χ0v) is 25.9. The van der Waals surface area contributed by atoms with Crippen LogP contribution in [0.1, 0.15) is 76.6 Å². The third-order valence-electron chi connectivity index (χ3n) is 7.84. The molecular formula is C27H38N7O8P. The Morgan fingerprint density at radius 2 is 1.53 bits per heavy atom. The Morgan fingerprint density at radius 3 is 2.09 bits per heavy atom. The van der Waals surface area contributed by atoms with Crippen LogP contribution in [0, 0.1) is 19.8 Å². The van der Waals surface area contributed by atoms with Gasteiger partial charge in [-0.05, 0) is 46.5 Å². The molecule has 16 heteroatoms. The van der Waals surface area contributed by atoms with Gasteiger partial charge in [-0.2, -0.15) is 0 Å². The predicted octanol–water partition coefficient (Wildman–Crippen LogP) is 1.54. The first kappa shape index (κ1) is 31.2. The highest BCUT2D eigenvalue weighted by atomic mass is 31.2. The van der Waals surface area contributed by atoms with Gasteiger partial charge in [0.15, 0.2) is 5.44 Å². The molecule has 3 aromatic heterocycles. The van der Waals surface area contributed by atoms with Gasteiger partial charge in [0.05, 0.1) is 31.1 Å². The van der Waals surface area contributed by atoms with E-state index in [-0.39, 0.29) is 30.8 Å². The van der Waals surface area contributed by atoms with E-state index in [1.165, 1.54) is 21.5 Å². The quantitative estimate of drug-likeness (QED) is 0.317. The molecule has 2 aliphatic heterocycles. The number of H-pyrrole nitrogens is 2. The maximum Gasteiger partial charge on any atom is 0.330 e. The first-order chi connectivity index (χ1) is 20.4. The summed E-state index contributed by atoms with van der Waals surface area (Å²) < 4.78 is 29.9. The van der Waals surface area contributed by atoms with E-state index in [4.69, 9.17) is 18.5 Å². The van der Waals surface area contributed by atoms with E-state index < -0.39 is 49.4 Å². The van der Waals surface area contributed by atoms with Crippen molar-refractivity contribution in [3.63, 3.8) is 0 Å². The van der Waals surface area contributed by atoms with Crippen LogP contribution in [0.5, 0.6) is 0 Å². The number of aromatic nitrogens is 7. The average molecular weight is 620 g/mol. The third-order valence-corrected chi connectivity index (χ3v) is 9.26. The van der Waals surface area contributed by atoms with Crippen LogP contribution >= 0.6 is 8.38 Å². The summed E-state index contributed by atoms with van der Waals surface area (Å²) in [5.74, 6) is 0.0465. The van der Waals surface area contributed by atoms with E-state index in [0.29, 0.717) is 35.8 Å². The van der Waals surface area contributed by atoms with Crippen LogP contribution in [0.25, 0.3) is 0 Å². The van der Waals surface area contributed by atoms with Gasteiger partial charge in [-0.3, -0.25) is 28.7 Å². The molecule has 2 saturated heterocycles. The van der Waals surface area contributed by atoms with Crippen molar-refractivity contribution >= 4 is 13.8 Å². The Morgan fingerprint density at radius 1 is 0.953 bits per heavy atom. The first-order valence-electron chi connectivity index (χ1n) is 14.4. The number of nitrogens with one attached hydrogen (secondary N) is 2. The smallest absolute Gasteiger partial charge is 0.330 e. The summed E-state index contributed by atoms with van der Waals surface area (Å²) in [6.07, 6.45) is 4.06. The zero-order chi connectivity index (χ0) is 31.0. The summed E-state index contributed by atoms with van der Waals surface area (Å²) in [5.41, 5.74) is -0.573. The highest BCUT2D eigenvalue weighted by Gasteiger charge is 2.40. The standard InChI is InChI=1S/C27H38N7O8P/c1-7-18-19(9-23(40-18)33-11-17(6)25(36)29-27(33)38)42-43(21-12-34(14(2)3)31-30-21)39-13-20-15(4)8-22(41-20)32-10-16(5)24(35)28-26(32)37/h10-12,14-15,18-20,22-23H,7-9,13H2,1-6H3,(H,28,35,37)(H,29,36,38)/t15?,18-,19?,20-,22-,23-,43?/m1/s1. The maximum atomic E-state index is 12.5. The van der Waals surface area contributed by atoms with Crippen molar-refractivity contribution in [2.45, 2.75) is 97.6 Å². The SMILES string of the molecule is CC[C@H]1O[C@@H](n2cc(C)c(=O)[nH]c2=O)CC1OP(OC[C@H]1O[C@@H](n2cc(C)c(=O)[nH]c2=O)CC1C)c1cn(C(C)C)nn1. The number of ether oxygens (including phenoxy) is 2. The summed E-state index contributed by atoms with van der Waals surface area (Å²) in [6, 6.07) is 0.0778. The zero-order valence-electron chi connectivity index (χ0n) is 25.1. The Hall–Kier alpha value is -3.23. The predicted molar refractivity (Wildman–Crippen MR) is 156 cm³/mol. The van der Waals surface area contributed by atoms with E-state index in [0.717, 1.165) is 0 Å². The van der Waals surface area contributed by atoms with Crippen molar-refractivity contribution in [2.75, 3.05) is 6.61 Å². The van der Waals surface area contributed by atoms with Gasteiger partial charge in [0, 0.05) is 36.0 Å². The minimum absolute atomic E-state index is 0.0465. The fourth-order valence-electron chi connectivity index (χ4n) is 5.21. The van der Waals surface area contributed by atoms with Crippen molar-refractivity contribution in [1.29, 1.82) is 0 Å². The number of hydrogen-bond acceptors (Lipinski definition) is 10. The first-order valence-corrected chi connectivity index (χ1v) is 15.6. The summed E-state index contributed by atoms with van der Waals surface area (Å²) in [6.45, 7) is 11.4. The molecule has 0 saturated carbocycles. The molecule has 5 heterocycles. The maximum absolute atomic E-state index is 12.5.